The molecule has 6 nitrogen and oxygen atoms in total. The molecule has 0 aliphatic carbocycles. The lowest BCUT2D eigenvalue weighted by Gasteiger charge is -2.16. The SMILES string of the molecule is [2H]P([B][3H])SOC[C@@H](CN=[N+]=[N-])NC(=O)CCCCCCCCCCCCC. The molecule has 2 atom stereocenters. The van der Waals surface area contributed by atoms with E-state index >= 15 is 0 Å². The number of azide groups is 1. The first kappa shape index (κ1) is 21.9. The molecule has 0 spiro atoms. The minimum atomic E-state index is -1.39. The van der Waals surface area contributed by atoms with Gasteiger partial charge in [-0.25, -0.2) is 0 Å². The van der Waals surface area contributed by atoms with E-state index in [0.717, 1.165) is 32.0 Å². The fourth-order valence-corrected chi connectivity index (χ4v) is 3.32. The number of unbranched alkanes of at least 4 members (excludes halogenated alkanes) is 10. The van der Waals surface area contributed by atoms with Crippen LogP contribution in [0.1, 0.15) is 84.0 Å². The van der Waals surface area contributed by atoms with E-state index in [1.54, 1.807) is 0 Å². The van der Waals surface area contributed by atoms with Crippen molar-refractivity contribution in [3.63, 3.8) is 0 Å². The number of carbonyl (C=O) groups excluding carboxylic acids is 1. The maximum atomic E-state index is 12.1. The summed E-state index contributed by atoms with van der Waals surface area (Å²) in [4.78, 5) is 14.8. The molecule has 0 saturated heterocycles. The first-order valence-electron chi connectivity index (χ1n) is 10.8. The normalized spacial score (nSPS) is 13.9. The van der Waals surface area contributed by atoms with E-state index in [9.17, 15) is 4.79 Å². The summed E-state index contributed by atoms with van der Waals surface area (Å²) in [5.74, 6) is -0.0668. The Labute approximate surface area is 168 Å². The van der Waals surface area contributed by atoms with Gasteiger partial charge in [-0.1, -0.05) is 83.9 Å². The molecule has 0 aliphatic heterocycles. The number of hydrogen-bond acceptors (Lipinski definition) is 4. The van der Waals surface area contributed by atoms with Gasteiger partial charge in [-0.05, 0) is 13.3 Å². The third-order valence-corrected chi connectivity index (χ3v) is 5.00. The smallest absolute Gasteiger partial charge is 0.220 e. The average Bonchev–Trinajstić information content (AvgIpc) is 2.69. The Hall–Kier alpha value is -0.415. The summed E-state index contributed by atoms with van der Waals surface area (Å²) in [6.07, 6.45) is 14.1. The Morgan fingerprint density at radius 1 is 1.31 bits per heavy atom. The second kappa shape index (κ2) is 20.9. The fraction of sp³-hybridized carbons (Fsp3) is 0.941. The molecule has 0 aromatic heterocycles. The Morgan fingerprint density at radius 3 is 2.50 bits per heavy atom. The Balaban J connectivity index is 3.74. The van der Waals surface area contributed by atoms with Crippen molar-refractivity contribution in [2.75, 3.05) is 13.2 Å². The third-order valence-electron chi connectivity index (χ3n) is 4.10. The summed E-state index contributed by atoms with van der Waals surface area (Å²) in [6.45, 7) is 2.50. The van der Waals surface area contributed by atoms with E-state index in [1.165, 1.54) is 57.8 Å². The first-order valence-corrected chi connectivity index (χ1v) is 12.0. The number of amides is 1. The zero-order chi connectivity index (χ0) is 20.9. The lowest BCUT2D eigenvalue weighted by molar-refractivity contribution is -0.122. The van der Waals surface area contributed by atoms with Crippen LogP contribution >= 0.6 is 19.3 Å². The van der Waals surface area contributed by atoms with Gasteiger partial charge in [0.1, 0.15) is 7.53 Å². The van der Waals surface area contributed by atoms with Crippen LogP contribution in [0.4, 0.5) is 0 Å². The van der Waals surface area contributed by atoms with Gasteiger partial charge in [0.05, 0.1) is 13.9 Å². The highest BCUT2D eigenvalue weighted by Gasteiger charge is 2.11. The van der Waals surface area contributed by atoms with Gasteiger partial charge in [0.15, 0.2) is 0 Å². The molecule has 1 amide bonds. The molecule has 9 heteroatoms. The van der Waals surface area contributed by atoms with Gasteiger partial charge >= 0.3 is 0 Å². The van der Waals surface area contributed by atoms with Crippen LogP contribution in [0.25, 0.3) is 10.4 Å². The van der Waals surface area contributed by atoms with Crippen LogP contribution in [0.2, 0.25) is 0 Å². The van der Waals surface area contributed by atoms with Crippen LogP contribution in [-0.4, -0.2) is 35.2 Å². The summed E-state index contributed by atoms with van der Waals surface area (Å²) < 4.78 is 19.7. The number of hydrogen-bond donors (Lipinski definition) is 1. The van der Waals surface area contributed by atoms with Crippen molar-refractivity contribution >= 4 is 32.7 Å². The van der Waals surface area contributed by atoms with Crippen molar-refractivity contribution in [3.05, 3.63) is 10.4 Å². The molecular weight excluding hydrogens is 366 g/mol. The van der Waals surface area contributed by atoms with Crippen molar-refractivity contribution in [3.8, 4) is 0 Å². The van der Waals surface area contributed by atoms with Crippen molar-refractivity contribution in [1.29, 1.82) is 2.61 Å². The second-order valence-corrected chi connectivity index (χ2v) is 8.10. The maximum absolute atomic E-state index is 12.1. The summed E-state index contributed by atoms with van der Waals surface area (Å²) in [5, 5.41) is 6.32. The van der Waals surface area contributed by atoms with E-state index < -0.39 is 13.6 Å². The van der Waals surface area contributed by atoms with Gasteiger partial charge in [-0.2, -0.15) is 0 Å². The number of carbonyl (C=O) groups is 1. The number of nitrogens with zero attached hydrogens (tertiary/aromatic N) is 3. The number of rotatable bonds is 20. The average molecular weight is 404 g/mol. The van der Waals surface area contributed by atoms with Gasteiger partial charge in [0.2, 0.25) is 5.91 Å². The predicted molar refractivity (Wildman–Crippen MR) is 116 cm³/mol. The van der Waals surface area contributed by atoms with Crippen LogP contribution in [0.15, 0.2) is 5.11 Å². The maximum Gasteiger partial charge on any atom is 0.220 e. The molecule has 0 aromatic rings. The van der Waals surface area contributed by atoms with Crippen molar-refractivity contribution < 1.29 is 8.98 Å². The van der Waals surface area contributed by atoms with E-state index in [4.69, 9.17) is 12.3 Å². The molecular formula is C17H35BN4O2PS. The molecule has 0 bridgehead atoms. The van der Waals surface area contributed by atoms with E-state index in [0.29, 0.717) is 6.42 Å². The molecule has 0 saturated carbocycles. The highest BCUT2D eigenvalue weighted by Crippen LogP contribution is 2.24. The van der Waals surface area contributed by atoms with Crippen LogP contribution in [-0.2, 0) is 8.98 Å². The molecule has 149 valence electrons. The summed E-state index contributed by atoms with van der Waals surface area (Å²) >= 11 is 0.904. The van der Waals surface area contributed by atoms with Gasteiger partial charge < -0.3 is 9.50 Å². The van der Waals surface area contributed by atoms with Crippen molar-refractivity contribution in [2.24, 2.45) is 5.11 Å². The molecule has 0 rings (SSSR count). The largest absolute Gasteiger partial charge is 0.351 e. The molecule has 1 unspecified atom stereocenters. The van der Waals surface area contributed by atoms with Crippen molar-refractivity contribution in [2.45, 2.75) is 90.0 Å². The molecule has 1 radical (unpaired) electrons. The number of nitrogens with one attached hydrogen (secondary N) is 1. The van der Waals surface area contributed by atoms with Gasteiger partial charge in [-0.3, -0.25) is 4.79 Å². The molecule has 0 aliphatic rings. The summed E-state index contributed by atoms with van der Waals surface area (Å²) in [7, 11) is -0.374. The van der Waals surface area contributed by atoms with E-state index in [-0.39, 0.29) is 19.1 Å². The van der Waals surface area contributed by atoms with E-state index in [1.807, 2.05) is 0 Å². The summed E-state index contributed by atoms with van der Waals surface area (Å²) in [6, 6.07) is -0.405. The van der Waals surface area contributed by atoms with Gasteiger partial charge in [-0.15, -0.1) is 0 Å². The van der Waals surface area contributed by atoms with Crippen LogP contribution in [0.3, 0.4) is 0 Å². The standard InChI is InChI=1S/C17H35BN4O2PS/c1-2-3-4-5-6-7-8-9-10-11-12-13-17(23)21-16(14-20-22-19)15-24-26-25-18/h16,18,25H,2-15H2,1H3,(H,21,23)/t16-,25?/m1/s1/i18T,25D. The third kappa shape index (κ3) is 18.4. The Kier molecular flexibility index (Phi) is 17.6. The fourth-order valence-electron chi connectivity index (χ4n) is 2.67. The topological polar surface area (TPSA) is 87.1 Å². The quantitative estimate of drug-likeness (QED) is 0.0548. The molecule has 26 heavy (non-hydrogen) atoms. The minimum Gasteiger partial charge on any atom is -0.351 e. The van der Waals surface area contributed by atoms with Crippen molar-refractivity contribution in [1.82, 2.24) is 5.32 Å². The second-order valence-electron chi connectivity index (χ2n) is 6.43. The van der Waals surface area contributed by atoms with Crippen LogP contribution in [0, 0.1) is 0 Å². The molecule has 0 aromatic carbocycles. The zero-order valence-electron chi connectivity index (χ0n) is 18.1. The van der Waals surface area contributed by atoms with Crippen LogP contribution in [0.5, 0.6) is 0 Å². The van der Waals surface area contributed by atoms with Gasteiger partial charge in [0.25, 0.3) is 0 Å². The van der Waals surface area contributed by atoms with E-state index in [2.05, 4.69) is 22.3 Å². The lowest BCUT2D eigenvalue weighted by atomic mass is 10.1. The van der Waals surface area contributed by atoms with Crippen LogP contribution < -0.4 is 5.32 Å². The minimum absolute atomic E-state index is 0.0668. The molecule has 0 heterocycles. The predicted octanol–water partition coefficient (Wildman–Crippen LogP) is 5.56. The lowest BCUT2D eigenvalue weighted by Crippen LogP contribution is -2.39. The molecule has 0 fully saturated rings. The zero-order valence-corrected chi connectivity index (χ0v) is 17.8. The summed E-state index contributed by atoms with van der Waals surface area (Å²) in [5.41, 5.74) is 8.46. The van der Waals surface area contributed by atoms with Gasteiger partial charge in [0, 0.05) is 29.5 Å². The molecule has 1 N–H and O–H groups in total. The Morgan fingerprint density at radius 2 is 1.92 bits per heavy atom. The first-order chi connectivity index (χ1) is 13.6. The monoisotopic (exact) mass is 404 g/mol. The Bertz CT molecular complexity index is 438. The highest BCUT2D eigenvalue weighted by molar-refractivity contribution is 8.53. The highest BCUT2D eigenvalue weighted by atomic mass is 32.7.